The molecule has 7 heteroatoms. The Labute approximate surface area is 185 Å². The molecule has 30 heavy (non-hydrogen) atoms. The number of carbonyl (C=O) groups is 1. The van der Waals surface area contributed by atoms with E-state index in [0.717, 1.165) is 16.9 Å². The lowest BCUT2D eigenvalue weighted by molar-refractivity contribution is -0.143. The van der Waals surface area contributed by atoms with E-state index in [2.05, 4.69) is 0 Å². The first kappa shape index (κ1) is 20.8. The van der Waals surface area contributed by atoms with Crippen LogP contribution < -0.4 is 4.90 Å². The van der Waals surface area contributed by atoms with Crippen molar-refractivity contribution in [2.75, 3.05) is 11.5 Å². The topological polar surface area (TPSA) is 54.7 Å². The van der Waals surface area contributed by atoms with Gasteiger partial charge in [-0.05, 0) is 49.2 Å². The number of aromatic nitrogens is 1. The molecule has 1 N–H and O–H groups in total. The molecule has 2 unspecified atom stereocenters. The third-order valence-corrected chi connectivity index (χ3v) is 5.97. The molecule has 2 atom stereocenters. The molecule has 0 saturated heterocycles. The summed E-state index contributed by atoms with van der Waals surface area (Å²) in [5.74, 6) is -0.504. The van der Waals surface area contributed by atoms with Gasteiger partial charge in [-0.3, -0.25) is 4.79 Å². The van der Waals surface area contributed by atoms with E-state index in [1.54, 1.807) is 30.0 Å². The van der Waals surface area contributed by atoms with Crippen molar-refractivity contribution < 1.29 is 14.6 Å². The first-order valence-electron chi connectivity index (χ1n) is 9.81. The van der Waals surface area contributed by atoms with Crippen LogP contribution in [0.15, 0.2) is 60.8 Å². The number of carbonyl (C=O) groups excluding carboxylic acids is 1. The Balaban J connectivity index is 1.68. The van der Waals surface area contributed by atoms with E-state index < -0.39 is 6.23 Å². The number of nitrogens with zero attached hydrogens (tertiary/aromatic N) is 2. The number of benzene rings is 2. The Morgan fingerprint density at radius 2 is 1.80 bits per heavy atom. The minimum Gasteiger partial charge on any atom is -0.465 e. The van der Waals surface area contributed by atoms with E-state index >= 15 is 0 Å². The zero-order chi connectivity index (χ0) is 21.3. The zero-order valence-electron chi connectivity index (χ0n) is 16.5. The van der Waals surface area contributed by atoms with Crippen molar-refractivity contribution >= 4 is 40.5 Å². The Morgan fingerprint density at radius 1 is 1.07 bits per heavy atom. The third-order valence-electron chi connectivity index (χ3n) is 5.36. The molecule has 0 fully saturated rings. The molecule has 0 aliphatic carbocycles. The standard InChI is InChI=1S/C23H22Cl2N2O3/c1-2-30-21(28)14-26-12-6-7-15(26)13-17-16-8-3-4-11-20(16)27(23(17)29)22-18(24)9-5-10-19(22)25/h3-12,17,23,29H,2,13-14H2,1H3. The predicted octanol–water partition coefficient (Wildman–Crippen LogP) is 5.15. The van der Waals surface area contributed by atoms with Crippen molar-refractivity contribution in [3.63, 3.8) is 0 Å². The molecule has 2 aromatic carbocycles. The van der Waals surface area contributed by atoms with Crippen molar-refractivity contribution in [3.8, 4) is 0 Å². The van der Waals surface area contributed by atoms with E-state index in [1.165, 1.54) is 0 Å². The summed E-state index contributed by atoms with van der Waals surface area (Å²) in [4.78, 5) is 13.7. The normalized spacial score (nSPS) is 17.8. The summed E-state index contributed by atoms with van der Waals surface area (Å²) < 4.78 is 6.93. The van der Waals surface area contributed by atoms with Crippen molar-refractivity contribution in [1.29, 1.82) is 0 Å². The summed E-state index contributed by atoms with van der Waals surface area (Å²) in [5, 5.41) is 12.3. The van der Waals surface area contributed by atoms with Crippen molar-refractivity contribution in [3.05, 3.63) is 82.1 Å². The van der Waals surface area contributed by atoms with Crippen LogP contribution in [0.2, 0.25) is 10.0 Å². The SMILES string of the molecule is CCOC(=O)Cn1cccc1CC1c2ccccc2N(c2c(Cl)cccc2Cl)C1O. The van der Waals surface area contributed by atoms with Crippen molar-refractivity contribution in [1.82, 2.24) is 4.57 Å². The van der Waals surface area contributed by atoms with Gasteiger partial charge in [0.2, 0.25) is 0 Å². The molecule has 3 aromatic rings. The van der Waals surface area contributed by atoms with Gasteiger partial charge < -0.3 is 19.3 Å². The van der Waals surface area contributed by atoms with Gasteiger partial charge in [0.05, 0.1) is 22.3 Å². The average molecular weight is 445 g/mol. The first-order valence-corrected chi connectivity index (χ1v) is 10.6. The second kappa shape index (κ2) is 8.72. The van der Waals surface area contributed by atoms with Gasteiger partial charge in [0.25, 0.3) is 0 Å². The molecule has 4 rings (SSSR count). The Morgan fingerprint density at radius 3 is 2.53 bits per heavy atom. The first-order chi connectivity index (χ1) is 14.5. The Bertz CT molecular complexity index is 1050. The number of hydrogen-bond acceptors (Lipinski definition) is 4. The van der Waals surface area contributed by atoms with Crippen molar-refractivity contribution in [2.45, 2.75) is 32.0 Å². The molecule has 2 heterocycles. The molecule has 1 aromatic heterocycles. The molecular formula is C23H22Cl2N2O3. The maximum Gasteiger partial charge on any atom is 0.325 e. The fraction of sp³-hybridized carbons (Fsp3) is 0.261. The van der Waals surface area contributed by atoms with Crippen LogP contribution in [-0.2, 0) is 22.5 Å². The van der Waals surface area contributed by atoms with Gasteiger partial charge in [0.1, 0.15) is 12.8 Å². The maximum atomic E-state index is 11.9. The highest BCUT2D eigenvalue weighted by atomic mass is 35.5. The summed E-state index contributed by atoms with van der Waals surface area (Å²) in [5.41, 5.74) is 3.40. The van der Waals surface area contributed by atoms with Crippen LogP contribution in [-0.4, -0.2) is 28.5 Å². The second-order valence-corrected chi connectivity index (χ2v) is 7.97. The number of aliphatic hydroxyl groups excluding tert-OH is 1. The number of esters is 1. The minimum atomic E-state index is -0.856. The summed E-state index contributed by atoms with van der Waals surface area (Å²) in [6.07, 6.45) is 1.54. The second-order valence-electron chi connectivity index (χ2n) is 7.16. The minimum absolute atomic E-state index is 0.140. The van der Waals surface area contributed by atoms with E-state index in [-0.39, 0.29) is 18.4 Å². The quantitative estimate of drug-likeness (QED) is 0.533. The molecular weight excluding hydrogens is 423 g/mol. The lowest BCUT2D eigenvalue weighted by Crippen LogP contribution is -2.31. The van der Waals surface area contributed by atoms with E-state index in [0.29, 0.717) is 28.8 Å². The Kier molecular flexibility index (Phi) is 6.04. The van der Waals surface area contributed by atoms with Crippen LogP contribution in [0, 0.1) is 0 Å². The summed E-state index contributed by atoms with van der Waals surface area (Å²) in [7, 11) is 0. The monoisotopic (exact) mass is 444 g/mol. The van der Waals surface area contributed by atoms with Crippen molar-refractivity contribution in [2.24, 2.45) is 0 Å². The number of para-hydroxylation sites is 2. The largest absolute Gasteiger partial charge is 0.465 e. The molecule has 5 nitrogen and oxygen atoms in total. The van der Waals surface area contributed by atoms with Gasteiger partial charge >= 0.3 is 5.97 Å². The van der Waals surface area contributed by atoms with E-state index in [4.69, 9.17) is 27.9 Å². The lowest BCUT2D eigenvalue weighted by Gasteiger charge is -2.28. The highest BCUT2D eigenvalue weighted by Crippen LogP contribution is 2.49. The summed E-state index contributed by atoms with van der Waals surface area (Å²) >= 11 is 12.9. The smallest absolute Gasteiger partial charge is 0.325 e. The average Bonchev–Trinajstić information content (AvgIpc) is 3.26. The highest BCUT2D eigenvalue weighted by Gasteiger charge is 2.39. The van der Waals surface area contributed by atoms with E-state index in [9.17, 15) is 9.90 Å². The predicted molar refractivity (Wildman–Crippen MR) is 119 cm³/mol. The molecule has 156 valence electrons. The van der Waals surface area contributed by atoms with Gasteiger partial charge in [-0.15, -0.1) is 0 Å². The van der Waals surface area contributed by atoms with Crippen LogP contribution in [0.1, 0.15) is 24.1 Å². The van der Waals surface area contributed by atoms with Gasteiger partial charge in [0, 0.05) is 23.5 Å². The van der Waals surface area contributed by atoms with Gasteiger partial charge in [-0.1, -0.05) is 47.5 Å². The number of aliphatic hydroxyl groups is 1. The molecule has 0 amide bonds. The third kappa shape index (κ3) is 3.81. The molecule has 1 aliphatic heterocycles. The van der Waals surface area contributed by atoms with Crippen LogP contribution in [0.5, 0.6) is 0 Å². The molecule has 0 bridgehead atoms. The number of hydrogen-bond donors (Lipinski definition) is 1. The van der Waals surface area contributed by atoms with Crippen LogP contribution in [0.25, 0.3) is 0 Å². The van der Waals surface area contributed by atoms with Crippen LogP contribution in [0.3, 0.4) is 0 Å². The number of fused-ring (bicyclic) bond motifs is 1. The molecule has 0 saturated carbocycles. The number of rotatable bonds is 6. The fourth-order valence-electron chi connectivity index (χ4n) is 4.05. The molecule has 0 spiro atoms. The molecule has 1 aliphatic rings. The van der Waals surface area contributed by atoms with Crippen LogP contribution in [0.4, 0.5) is 11.4 Å². The van der Waals surface area contributed by atoms with Crippen LogP contribution >= 0.6 is 23.2 Å². The van der Waals surface area contributed by atoms with Gasteiger partial charge in [-0.25, -0.2) is 0 Å². The highest BCUT2D eigenvalue weighted by molar-refractivity contribution is 6.39. The number of anilines is 2. The number of halogens is 2. The van der Waals surface area contributed by atoms with Gasteiger partial charge in [0.15, 0.2) is 0 Å². The van der Waals surface area contributed by atoms with E-state index in [1.807, 2.05) is 47.2 Å². The zero-order valence-corrected chi connectivity index (χ0v) is 18.0. The fourth-order valence-corrected chi connectivity index (χ4v) is 4.63. The summed E-state index contributed by atoms with van der Waals surface area (Å²) in [6, 6.07) is 17.0. The lowest BCUT2D eigenvalue weighted by atomic mass is 9.95. The Hall–Kier alpha value is -2.47. The molecule has 0 radical (unpaired) electrons. The summed E-state index contributed by atoms with van der Waals surface area (Å²) in [6.45, 7) is 2.27. The maximum absolute atomic E-state index is 11.9. The number of ether oxygens (including phenoxy) is 1. The van der Waals surface area contributed by atoms with Gasteiger partial charge in [-0.2, -0.15) is 0 Å².